The molecule has 1 aliphatic heterocycles. The van der Waals surface area contributed by atoms with Crippen molar-refractivity contribution in [2.45, 2.75) is 26.7 Å². The van der Waals surface area contributed by atoms with Crippen LogP contribution in [-0.2, 0) is 0 Å². The van der Waals surface area contributed by atoms with Gasteiger partial charge >= 0.3 is 0 Å². The van der Waals surface area contributed by atoms with E-state index in [4.69, 9.17) is 0 Å². The van der Waals surface area contributed by atoms with Crippen LogP contribution >= 0.6 is 15.9 Å². The highest BCUT2D eigenvalue weighted by Gasteiger charge is 2.29. The molecule has 2 rings (SSSR count). The minimum atomic E-state index is -0.391. The van der Waals surface area contributed by atoms with Crippen molar-refractivity contribution in [2.75, 3.05) is 13.1 Å². The highest BCUT2D eigenvalue weighted by atomic mass is 79.9. The molecule has 1 aliphatic rings. The van der Waals surface area contributed by atoms with Gasteiger partial charge in [-0.2, -0.15) is 0 Å². The first-order valence-corrected chi connectivity index (χ1v) is 6.93. The minimum absolute atomic E-state index is 0.0862. The second-order valence-electron chi connectivity index (χ2n) is 5.56. The number of benzene rings is 1. The van der Waals surface area contributed by atoms with Crippen LogP contribution in [0.4, 0.5) is 4.39 Å². The quantitative estimate of drug-likeness (QED) is 0.771. The molecule has 0 N–H and O–H groups in total. The summed E-state index contributed by atoms with van der Waals surface area (Å²) in [6, 6.07) is 4.58. The van der Waals surface area contributed by atoms with Gasteiger partial charge in [-0.05, 0) is 46.3 Å². The molecule has 0 unspecified atom stereocenters. The first-order valence-electron chi connectivity index (χ1n) is 6.14. The Morgan fingerprint density at radius 1 is 1.33 bits per heavy atom. The number of likely N-dealkylation sites (tertiary alicyclic amines) is 1. The van der Waals surface area contributed by atoms with Gasteiger partial charge in [-0.1, -0.05) is 19.9 Å². The molecule has 1 aromatic rings. The van der Waals surface area contributed by atoms with E-state index in [-0.39, 0.29) is 10.4 Å². The van der Waals surface area contributed by atoms with E-state index in [2.05, 4.69) is 29.8 Å². The van der Waals surface area contributed by atoms with Gasteiger partial charge in [0.1, 0.15) is 5.82 Å². The summed E-state index contributed by atoms with van der Waals surface area (Å²) in [5.74, 6) is -0.477. The number of carbonyl (C=O) groups is 1. The normalized spacial score (nSPS) is 18.8. The number of rotatable bonds is 1. The molecule has 0 aromatic heterocycles. The Morgan fingerprint density at radius 3 is 2.56 bits per heavy atom. The third-order valence-corrected chi connectivity index (χ3v) is 4.39. The van der Waals surface area contributed by atoms with Gasteiger partial charge in [0.25, 0.3) is 5.91 Å². The smallest absolute Gasteiger partial charge is 0.255 e. The van der Waals surface area contributed by atoms with Gasteiger partial charge in [-0.15, -0.1) is 0 Å². The summed E-state index contributed by atoms with van der Waals surface area (Å²) in [6.07, 6.45) is 1.98. The van der Waals surface area contributed by atoms with Crippen LogP contribution in [0, 0.1) is 11.2 Å². The van der Waals surface area contributed by atoms with Crippen molar-refractivity contribution in [3.8, 4) is 0 Å². The van der Waals surface area contributed by atoms with Gasteiger partial charge in [-0.25, -0.2) is 4.39 Å². The predicted molar refractivity (Wildman–Crippen MR) is 73.0 cm³/mol. The summed E-state index contributed by atoms with van der Waals surface area (Å²) >= 11 is 3.15. The Bertz CT molecular complexity index is 463. The van der Waals surface area contributed by atoms with Crippen molar-refractivity contribution in [3.05, 3.63) is 34.1 Å². The summed E-state index contributed by atoms with van der Waals surface area (Å²) in [7, 11) is 0. The van der Waals surface area contributed by atoms with Gasteiger partial charge in [-0.3, -0.25) is 4.79 Å². The van der Waals surface area contributed by atoms with Crippen LogP contribution in [0.5, 0.6) is 0 Å². The Balaban J connectivity index is 2.15. The van der Waals surface area contributed by atoms with E-state index < -0.39 is 5.82 Å². The lowest BCUT2D eigenvalue weighted by Crippen LogP contribution is -2.41. The number of hydrogen-bond acceptors (Lipinski definition) is 1. The maximum absolute atomic E-state index is 13.4. The monoisotopic (exact) mass is 313 g/mol. The van der Waals surface area contributed by atoms with Crippen molar-refractivity contribution in [2.24, 2.45) is 5.41 Å². The van der Waals surface area contributed by atoms with E-state index in [0.29, 0.717) is 11.0 Å². The van der Waals surface area contributed by atoms with Crippen molar-refractivity contribution >= 4 is 21.8 Å². The highest BCUT2D eigenvalue weighted by molar-refractivity contribution is 9.10. The van der Waals surface area contributed by atoms with Crippen molar-refractivity contribution < 1.29 is 9.18 Å². The zero-order valence-corrected chi connectivity index (χ0v) is 12.3. The molecule has 18 heavy (non-hydrogen) atoms. The average molecular weight is 314 g/mol. The number of amides is 1. The fraction of sp³-hybridized carbons (Fsp3) is 0.500. The van der Waals surface area contributed by atoms with Crippen molar-refractivity contribution in [1.29, 1.82) is 0 Å². The summed E-state index contributed by atoms with van der Waals surface area (Å²) < 4.78 is 13.7. The Hall–Kier alpha value is -0.900. The van der Waals surface area contributed by atoms with Crippen molar-refractivity contribution in [1.82, 2.24) is 4.90 Å². The maximum atomic E-state index is 13.4. The number of nitrogens with zero attached hydrogens (tertiary/aromatic N) is 1. The van der Waals surface area contributed by atoms with Crippen LogP contribution in [0.1, 0.15) is 37.0 Å². The van der Waals surface area contributed by atoms with Crippen LogP contribution in [0.3, 0.4) is 0 Å². The molecule has 1 aromatic carbocycles. The number of hydrogen-bond donors (Lipinski definition) is 0. The van der Waals surface area contributed by atoms with Crippen LogP contribution in [0.25, 0.3) is 0 Å². The number of halogens is 2. The second-order valence-corrected chi connectivity index (χ2v) is 6.35. The predicted octanol–water partition coefficient (Wildman–Crippen LogP) is 3.85. The molecule has 1 amide bonds. The molecule has 0 radical (unpaired) electrons. The Kier molecular flexibility index (Phi) is 3.76. The summed E-state index contributed by atoms with van der Waals surface area (Å²) in [5.41, 5.74) is 0.713. The van der Waals surface area contributed by atoms with Crippen molar-refractivity contribution in [3.63, 3.8) is 0 Å². The molecule has 0 bridgehead atoms. The summed E-state index contributed by atoms with van der Waals surface area (Å²) in [5, 5.41) is 0. The second kappa shape index (κ2) is 5.00. The molecule has 0 aliphatic carbocycles. The maximum Gasteiger partial charge on any atom is 0.255 e. The third-order valence-electron chi connectivity index (χ3n) is 3.59. The molecule has 1 heterocycles. The van der Waals surface area contributed by atoms with Gasteiger partial charge < -0.3 is 4.90 Å². The molecule has 2 nitrogen and oxygen atoms in total. The molecular weight excluding hydrogens is 297 g/mol. The fourth-order valence-corrected chi connectivity index (χ4v) is 2.59. The lowest BCUT2D eigenvalue weighted by molar-refractivity contribution is 0.0629. The summed E-state index contributed by atoms with van der Waals surface area (Å²) in [6.45, 7) is 5.92. The molecule has 1 fully saturated rings. The fourth-order valence-electron chi connectivity index (χ4n) is 2.15. The van der Waals surface area contributed by atoms with E-state index in [1.54, 1.807) is 12.1 Å². The largest absolute Gasteiger partial charge is 0.339 e. The molecular formula is C14H17BrFNO. The molecule has 0 atom stereocenters. The van der Waals surface area contributed by atoms with E-state index in [0.717, 1.165) is 25.9 Å². The standard InChI is InChI=1S/C14H17BrFNO/c1-14(2)6-8-17(9-7-14)13(18)10-4-3-5-11(16)12(10)15/h3-5H,6-9H2,1-2H3. The molecule has 98 valence electrons. The lowest BCUT2D eigenvalue weighted by atomic mass is 9.82. The average Bonchev–Trinajstić information content (AvgIpc) is 2.32. The third kappa shape index (κ3) is 2.74. The summed E-state index contributed by atoms with van der Waals surface area (Å²) in [4.78, 5) is 14.1. The molecule has 1 saturated heterocycles. The zero-order chi connectivity index (χ0) is 13.3. The Labute approximate surface area is 115 Å². The van der Waals surface area contributed by atoms with E-state index >= 15 is 0 Å². The zero-order valence-electron chi connectivity index (χ0n) is 10.7. The number of carbonyl (C=O) groups excluding carboxylic acids is 1. The lowest BCUT2D eigenvalue weighted by Gasteiger charge is -2.37. The first-order chi connectivity index (χ1) is 8.41. The topological polar surface area (TPSA) is 20.3 Å². The Morgan fingerprint density at radius 2 is 1.94 bits per heavy atom. The molecule has 0 saturated carbocycles. The SMILES string of the molecule is CC1(C)CCN(C(=O)c2cccc(F)c2Br)CC1. The number of piperidine rings is 1. The van der Waals surface area contributed by atoms with Crippen LogP contribution in [-0.4, -0.2) is 23.9 Å². The molecule has 4 heteroatoms. The van der Waals surface area contributed by atoms with E-state index in [9.17, 15) is 9.18 Å². The van der Waals surface area contributed by atoms with Crippen LogP contribution in [0.15, 0.2) is 22.7 Å². The van der Waals surface area contributed by atoms with Gasteiger partial charge in [0.15, 0.2) is 0 Å². The highest BCUT2D eigenvalue weighted by Crippen LogP contribution is 2.31. The van der Waals surface area contributed by atoms with Crippen LogP contribution < -0.4 is 0 Å². The minimum Gasteiger partial charge on any atom is -0.339 e. The van der Waals surface area contributed by atoms with E-state index in [1.807, 2.05) is 4.90 Å². The van der Waals surface area contributed by atoms with Gasteiger partial charge in [0.2, 0.25) is 0 Å². The van der Waals surface area contributed by atoms with Crippen LogP contribution in [0.2, 0.25) is 0 Å². The molecule has 0 spiro atoms. The first kappa shape index (κ1) is 13.5. The van der Waals surface area contributed by atoms with Gasteiger partial charge in [0, 0.05) is 13.1 Å². The van der Waals surface area contributed by atoms with E-state index in [1.165, 1.54) is 6.07 Å². The van der Waals surface area contributed by atoms with Gasteiger partial charge in [0.05, 0.1) is 10.0 Å².